The normalized spacial score (nSPS) is 9.89. The van der Waals surface area contributed by atoms with Gasteiger partial charge in [-0.3, -0.25) is 0 Å². The van der Waals surface area contributed by atoms with Crippen LogP contribution in [0.2, 0.25) is 0 Å². The summed E-state index contributed by atoms with van der Waals surface area (Å²) in [6.45, 7) is 1.90. The molecule has 2 rings (SSSR count). The molecule has 0 saturated heterocycles. The van der Waals surface area contributed by atoms with Crippen molar-refractivity contribution in [2.45, 2.75) is 6.92 Å². The average Bonchev–Trinajstić information content (AvgIpc) is 2.36. The van der Waals surface area contributed by atoms with Crippen LogP contribution < -0.4 is 5.32 Å². The summed E-state index contributed by atoms with van der Waals surface area (Å²) >= 11 is 3.35. The quantitative estimate of drug-likeness (QED) is 0.886. The molecule has 0 atom stereocenters. The molecule has 0 aliphatic heterocycles. The monoisotopic (exact) mass is 304 g/mol. The summed E-state index contributed by atoms with van der Waals surface area (Å²) in [5.41, 5.74) is 2.77. The van der Waals surface area contributed by atoms with E-state index in [-0.39, 0.29) is 5.82 Å². The number of hydrogen-bond acceptors (Lipinski definition) is 2. The zero-order valence-corrected chi connectivity index (χ0v) is 11.3. The smallest absolute Gasteiger partial charge is 0.125 e. The van der Waals surface area contributed by atoms with Crippen molar-refractivity contribution in [2.75, 3.05) is 5.32 Å². The fourth-order valence-electron chi connectivity index (χ4n) is 1.65. The molecule has 0 fully saturated rings. The summed E-state index contributed by atoms with van der Waals surface area (Å²) in [5.74, 6) is -0.326. The van der Waals surface area contributed by atoms with Crippen LogP contribution in [0.5, 0.6) is 0 Å². The van der Waals surface area contributed by atoms with Crippen LogP contribution in [0.15, 0.2) is 40.9 Å². The molecule has 0 aliphatic rings. The maximum atomic E-state index is 13.2. The summed E-state index contributed by atoms with van der Waals surface area (Å²) in [6.07, 6.45) is 0. The molecule has 0 radical (unpaired) electrons. The first-order valence-electron chi connectivity index (χ1n) is 5.33. The van der Waals surface area contributed by atoms with Gasteiger partial charge in [0.2, 0.25) is 0 Å². The molecule has 0 bridgehead atoms. The van der Waals surface area contributed by atoms with Crippen LogP contribution in [0.3, 0.4) is 0 Å². The first kappa shape index (κ1) is 12.6. The molecule has 1 N–H and O–H groups in total. The predicted molar refractivity (Wildman–Crippen MR) is 73.3 cm³/mol. The van der Waals surface area contributed by atoms with E-state index >= 15 is 0 Å². The maximum absolute atomic E-state index is 13.2. The number of nitrogens with zero attached hydrogens (tertiary/aromatic N) is 1. The average molecular weight is 305 g/mol. The van der Waals surface area contributed by atoms with E-state index in [1.807, 2.05) is 19.1 Å². The van der Waals surface area contributed by atoms with Crippen molar-refractivity contribution in [2.24, 2.45) is 0 Å². The number of nitrogens with one attached hydrogen (secondary N) is 1. The van der Waals surface area contributed by atoms with Crippen molar-refractivity contribution in [1.29, 1.82) is 5.26 Å². The fraction of sp³-hybridized carbons (Fsp3) is 0.0714. The van der Waals surface area contributed by atoms with Crippen molar-refractivity contribution in [3.8, 4) is 6.07 Å². The Kier molecular flexibility index (Phi) is 3.63. The van der Waals surface area contributed by atoms with Crippen LogP contribution in [0.25, 0.3) is 0 Å². The Hall–Kier alpha value is -1.86. The van der Waals surface area contributed by atoms with Gasteiger partial charge in [-0.15, -0.1) is 0 Å². The number of nitriles is 1. The predicted octanol–water partition coefficient (Wildman–Crippen LogP) is 4.51. The molecule has 0 aliphatic carbocycles. The molecule has 0 aromatic heterocycles. The Labute approximate surface area is 113 Å². The third-order valence-corrected chi connectivity index (χ3v) is 3.27. The zero-order valence-electron chi connectivity index (χ0n) is 9.67. The Morgan fingerprint density at radius 2 is 2.06 bits per heavy atom. The standard InChI is InChI=1S/C14H10BrFN2/c1-9-3-2-4-10(8-17)14(9)18-13-7-11(16)5-6-12(13)15/h2-7,18H,1H3. The van der Waals surface area contributed by atoms with Crippen LogP contribution in [-0.2, 0) is 0 Å². The van der Waals surface area contributed by atoms with E-state index in [1.165, 1.54) is 12.1 Å². The molecular weight excluding hydrogens is 295 g/mol. The van der Waals surface area contributed by atoms with Crippen LogP contribution in [0.4, 0.5) is 15.8 Å². The van der Waals surface area contributed by atoms with Crippen LogP contribution in [0.1, 0.15) is 11.1 Å². The van der Waals surface area contributed by atoms with Crippen molar-refractivity contribution < 1.29 is 4.39 Å². The summed E-state index contributed by atoms with van der Waals surface area (Å²) < 4.78 is 14.0. The lowest BCUT2D eigenvalue weighted by Crippen LogP contribution is -1.97. The largest absolute Gasteiger partial charge is 0.353 e. The van der Waals surface area contributed by atoms with Gasteiger partial charge in [0.1, 0.15) is 11.9 Å². The minimum atomic E-state index is -0.326. The van der Waals surface area contributed by atoms with E-state index in [1.54, 1.807) is 12.1 Å². The molecule has 0 unspecified atom stereocenters. The Morgan fingerprint density at radius 3 is 2.78 bits per heavy atom. The highest BCUT2D eigenvalue weighted by Gasteiger charge is 2.08. The highest BCUT2D eigenvalue weighted by Crippen LogP contribution is 2.29. The lowest BCUT2D eigenvalue weighted by atomic mass is 10.1. The topological polar surface area (TPSA) is 35.8 Å². The minimum Gasteiger partial charge on any atom is -0.353 e. The molecule has 2 aromatic carbocycles. The number of benzene rings is 2. The van der Waals surface area contributed by atoms with E-state index in [2.05, 4.69) is 27.3 Å². The number of anilines is 2. The van der Waals surface area contributed by atoms with E-state index in [0.717, 1.165) is 10.0 Å². The zero-order chi connectivity index (χ0) is 13.1. The van der Waals surface area contributed by atoms with Gasteiger partial charge in [-0.05, 0) is 52.7 Å². The maximum Gasteiger partial charge on any atom is 0.125 e. The second-order valence-corrected chi connectivity index (χ2v) is 4.71. The van der Waals surface area contributed by atoms with Gasteiger partial charge in [0.05, 0.1) is 16.9 Å². The molecule has 18 heavy (non-hydrogen) atoms. The molecule has 4 heteroatoms. The van der Waals surface area contributed by atoms with Crippen LogP contribution in [-0.4, -0.2) is 0 Å². The lowest BCUT2D eigenvalue weighted by molar-refractivity contribution is 0.628. The third-order valence-electron chi connectivity index (χ3n) is 2.58. The summed E-state index contributed by atoms with van der Waals surface area (Å²) in [6, 6.07) is 11.9. The van der Waals surface area contributed by atoms with Crippen molar-refractivity contribution >= 4 is 27.3 Å². The number of rotatable bonds is 2. The van der Waals surface area contributed by atoms with Gasteiger partial charge >= 0.3 is 0 Å². The minimum absolute atomic E-state index is 0.326. The molecular formula is C14H10BrFN2. The second-order valence-electron chi connectivity index (χ2n) is 3.86. The van der Waals surface area contributed by atoms with Gasteiger partial charge in [0.15, 0.2) is 0 Å². The molecule has 0 heterocycles. The van der Waals surface area contributed by atoms with Crippen LogP contribution in [0, 0.1) is 24.1 Å². The van der Waals surface area contributed by atoms with Crippen molar-refractivity contribution in [1.82, 2.24) is 0 Å². The number of para-hydroxylation sites is 1. The molecule has 2 aromatic rings. The van der Waals surface area contributed by atoms with Gasteiger partial charge in [0, 0.05) is 4.47 Å². The van der Waals surface area contributed by atoms with E-state index in [9.17, 15) is 4.39 Å². The number of hydrogen-bond donors (Lipinski definition) is 1. The lowest BCUT2D eigenvalue weighted by Gasteiger charge is -2.12. The Bertz CT molecular complexity index is 632. The molecule has 0 spiro atoms. The first-order chi connectivity index (χ1) is 8.61. The SMILES string of the molecule is Cc1cccc(C#N)c1Nc1cc(F)ccc1Br. The third kappa shape index (κ3) is 2.52. The molecule has 2 nitrogen and oxygen atoms in total. The van der Waals surface area contributed by atoms with Crippen LogP contribution >= 0.6 is 15.9 Å². The first-order valence-corrected chi connectivity index (χ1v) is 6.13. The van der Waals surface area contributed by atoms with Gasteiger partial charge in [-0.2, -0.15) is 5.26 Å². The molecule has 0 amide bonds. The van der Waals surface area contributed by atoms with E-state index in [4.69, 9.17) is 5.26 Å². The second kappa shape index (κ2) is 5.19. The van der Waals surface area contributed by atoms with E-state index < -0.39 is 0 Å². The van der Waals surface area contributed by atoms with Crippen molar-refractivity contribution in [3.63, 3.8) is 0 Å². The van der Waals surface area contributed by atoms with Gasteiger partial charge in [-0.1, -0.05) is 12.1 Å². The van der Waals surface area contributed by atoms with Gasteiger partial charge in [-0.25, -0.2) is 4.39 Å². The highest BCUT2D eigenvalue weighted by molar-refractivity contribution is 9.10. The fourth-order valence-corrected chi connectivity index (χ4v) is 2.00. The molecule has 0 saturated carbocycles. The Morgan fingerprint density at radius 1 is 1.28 bits per heavy atom. The summed E-state index contributed by atoms with van der Waals surface area (Å²) in [7, 11) is 0. The van der Waals surface area contributed by atoms with Gasteiger partial charge in [0.25, 0.3) is 0 Å². The number of halogens is 2. The highest BCUT2D eigenvalue weighted by atomic mass is 79.9. The van der Waals surface area contributed by atoms with Gasteiger partial charge < -0.3 is 5.32 Å². The summed E-state index contributed by atoms with van der Waals surface area (Å²) in [5, 5.41) is 12.2. The molecule has 90 valence electrons. The summed E-state index contributed by atoms with van der Waals surface area (Å²) in [4.78, 5) is 0. The van der Waals surface area contributed by atoms with Crippen molar-refractivity contribution in [3.05, 3.63) is 57.8 Å². The Balaban J connectivity index is 2.46. The number of aryl methyl sites for hydroxylation is 1. The van der Waals surface area contributed by atoms with E-state index in [0.29, 0.717) is 16.9 Å².